The summed E-state index contributed by atoms with van der Waals surface area (Å²) in [6.07, 6.45) is 6.65. The number of hydrogen-bond donors (Lipinski definition) is 1. The Kier molecular flexibility index (Phi) is 5.43. The standard InChI is InChI=1S/C24H27N7O3/c1-24(2,3)34-23(32)30-10-8-16(9-11-30)31-14-15(12-27-31)18-13-26-21(25)20(28-18)22-29-17-6-4-5-7-19(17)33-22/h4-7,12-14,16H,8-11H2,1-3H3,(H2,25,26). The summed E-state index contributed by atoms with van der Waals surface area (Å²) in [5, 5.41) is 4.55. The summed E-state index contributed by atoms with van der Waals surface area (Å²) in [6.45, 7) is 6.87. The average molecular weight is 462 g/mol. The average Bonchev–Trinajstić information content (AvgIpc) is 3.46. The van der Waals surface area contributed by atoms with Gasteiger partial charge in [0.1, 0.15) is 11.1 Å². The normalized spacial score (nSPS) is 15.1. The molecule has 1 saturated heterocycles. The zero-order valence-electron chi connectivity index (χ0n) is 19.4. The highest BCUT2D eigenvalue weighted by Crippen LogP contribution is 2.29. The van der Waals surface area contributed by atoms with Gasteiger partial charge in [0, 0.05) is 24.8 Å². The highest BCUT2D eigenvalue weighted by atomic mass is 16.6. The van der Waals surface area contributed by atoms with Gasteiger partial charge in [-0.2, -0.15) is 5.10 Å². The van der Waals surface area contributed by atoms with Crippen LogP contribution in [0.1, 0.15) is 39.7 Å². The first-order valence-electron chi connectivity index (χ1n) is 11.3. The first-order chi connectivity index (χ1) is 16.3. The van der Waals surface area contributed by atoms with Crippen molar-refractivity contribution in [3.05, 3.63) is 42.9 Å². The summed E-state index contributed by atoms with van der Waals surface area (Å²) in [7, 11) is 0. The highest BCUT2D eigenvalue weighted by molar-refractivity contribution is 5.77. The van der Waals surface area contributed by atoms with Gasteiger partial charge in [0.2, 0.25) is 5.89 Å². The molecule has 10 nitrogen and oxygen atoms in total. The molecular formula is C24H27N7O3. The number of carbonyl (C=O) groups is 1. The third-order valence-electron chi connectivity index (χ3n) is 5.68. The van der Waals surface area contributed by atoms with Crippen molar-refractivity contribution < 1.29 is 13.9 Å². The molecule has 1 aromatic carbocycles. The number of likely N-dealkylation sites (tertiary alicyclic amines) is 1. The minimum atomic E-state index is -0.498. The van der Waals surface area contributed by atoms with E-state index in [4.69, 9.17) is 14.9 Å². The molecule has 5 rings (SSSR count). The smallest absolute Gasteiger partial charge is 0.410 e. The molecule has 34 heavy (non-hydrogen) atoms. The monoisotopic (exact) mass is 461 g/mol. The third-order valence-corrected chi connectivity index (χ3v) is 5.68. The number of ether oxygens (including phenoxy) is 1. The number of nitrogen functional groups attached to an aromatic ring is 1. The Morgan fingerprint density at radius 2 is 1.91 bits per heavy atom. The molecule has 0 unspecified atom stereocenters. The second kappa shape index (κ2) is 8.44. The Hall–Kier alpha value is -3.95. The van der Waals surface area contributed by atoms with E-state index >= 15 is 0 Å². The largest absolute Gasteiger partial charge is 0.444 e. The maximum absolute atomic E-state index is 12.3. The number of anilines is 1. The van der Waals surface area contributed by atoms with Gasteiger partial charge < -0.3 is 19.8 Å². The number of fused-ring (bicyclic) bond motifs is 1. The predicted octanol–water partition coefficient (Wildman–Crippen LogP) is 4.30. The Labute approximate surface area is 196 Å². The lowest BCUT2D eigenvalue weighted by Crippen LogP contribution is -2.42. The van der Waals surface area contributed by atoms with Crippen molar-refractivity contribution in [2.45, 2.75) is 45.3 Å². The summed E-state index contributed by atoms with van der Waals surface area (Å²) in [6, 6.07) is 7.68. The van der Waals surface area contributed by atoms with E-state index in [1.165, 1.54) is 0 Å². The summed E-state index contributed by atoms with van der Waals surface area (Å²) >= 11 is 0. The Bertz CT molecular complexity index is 1300. The van der Waals surface area contributed by atoms with Crippen molar-refractivity contribution in [1.82, 2.24) is 29.6 Å². The van der Waals surface area contributed by atoms with Crippen molar-refractivity contribution in [3.8, 4) is 22.8 Å². The molecular weight excluding hydrogens is 434 g/mol. The number of benzene rings is 1. The van der Waals surface area contributed by atoms with Crippen molar-refractivity contribution >= 4 is 23.0 Å². The van der Waals surface area contributed by atoms with Gasteiger partial charge in [-0.25, -0.2) is 19.7 Å². The lowest BCUT2D eigenvalue weighted by atomic mass is 10.1. The molecule has 10 heteroatoms. The number of hydrogen-bond acceptors (Lipinski definition) is 8. The number of para-hydroxylation sites is 2. The second-order valence-corrected chi connectivity index (χ2v) is 9.38. The Morgan fingerprint density at radius 1 is 1.15 bits per heavy atom. The first kappa shape index (κ1) is 21.9. The van der Waals surface area contributed by atoms with Crippen molar-refractivity contribution in [2.24, 2.45) is 0 Å². The van der Waals surface area contributed by atoms with Crippen LogP contribution in [-0.2, 0) is 4.74 Å². The molecule has 0 radical (unpaired) electrons. The zero-order chi connectivity index (χ0) is 23.9. The van der Waals surface area contributed by atoms with Gasteiger partial charge in [-0.05, 0) is 45.7 Å². The number of amides is 1. The number of carbonyl (C=O) groups excluding carboxylic acids is 1. The lowest BCUT2D eigenvalue weighted by molar-refractivity contribution is 0.0185. The maximum Gasteiger partial charge on any atom is 0.410 e. The lowest BCUT2D eigenvalue weighted by Gasteiger charge is -2.33. The van der Waals surface area contributed by atoms with E-state index in [2.05, 4.69) is 20.1 Å². The molecule has 4 aromatic rings. The van der Waals surface area contributed by atoms with E-state index < -0.39 is 5.60 Å². The summed E-state index contributed by atoms with van der Waals surface area (Å²) < 4.78 is 13.2. The van der Waals surface area contributed by atoms with Crippen LogP contribution in [0, 0.1) is 0 Å². The van der Waals surface area contributed by atoms with Crippen molar-refractivity contribution in [3.63, 3.8) is 0 Å². The Balaban J connectivity index is 1.32. The van der Waals surface area contributed by atoms with Crippen molar-refractivity contribution in [2.75, 3.05) is 18.8 Å². The molecule has 4 heterocycles. The van der Waals surface area contributed by atoms with Crippen LogP contribution in [0.15, 0.2) is 47.3 Å². The Morgan fingerprint density at radius 3 is 2.65 bits per heavy atom. The minimum absolute atomic E-state index is 0.186. The molecule has 1 aliphatic heterocycles. The van der Waals surface area contributed by atoms with Gasteiger partial charge in [-0.3, -0.25) is 4.68 Å². The van der Waals surface area contributed by atoms with Gasteiger partial charge in [-0.15, -0.1) is 0 Å². The number of nitrogens with zero attached hydrogens (tertiary/aromatic N) is 6. The third kappa shape index (κ3) is 4.43. The summed E-state index contributed by atoms with van der Waals surface area (Å²) in [4.78, 5) is 27.5. The van der Waals surface area contributed by atoms with Crippen LogP contribution in [0.25, 0.3) is 33.9 Å². The molecule has 176 valence electrons. The molecule has 2 N–H and O–H groups in total. The molecule has 0 spiro atoms. The molecule has 1 fully saturated rings. The van der Waals surface area contributed by atoms with Gasteiger partial charge in [0.25, 0.3) is 0 Å². The number of aromatic nitrogens is 5. The summed E-state index contributed by atoms with van der Waals surface area (Å²) in [5.74, 6) is 0.576. The minimum Gasteiger partial charge on any atom is -0.444 e. The molecule has 1 amide bonds. The van der Waals surface area contributed by atoms with Crippen LogP contribution in [0.3, 0.4) is 0 Å². The van der Waals surface area contributed by atoms with E-state index in [0.717, 1.165) is 23.9 Å². The van der Waals surface area contributed by atoms with E-state index in [9.17, 15) is 4.79 Å². The van der Waals surface area contributed by atoms with Crippen LogP contribution < -0.4 is 5.73 Å². The topological polar surface area (TPSA) is 125 Å². The van der Waals surface area contributed by atoms with Gasteiger partial charge in [0.05, 0.1) is 24.1 Å². The number of oxazole rings is 1. The highest BCUT2D eigenvalue weighted by Gasteiger charge is 2.28. The van der Waals surface area contributed by atoms with E-state index in [0.29, 0.717) is 36.0 Å². The molecule has 0 atom stereocenters. The van der Waals surface area contributed by atoms with Crippen LogP contribution in [-0.4, -0.2) is 54.4 Å². The first-order valence-corrected chi connectivity index (χ1v) is 11.3. The molecule has 0 saturated carbocycles. The summed E-state index contributed by atoms with van der Waals surface area (Å²) in [5.41, 5.74) is 8.82. The molecule has 1 aliphatic rings. The fourth-order valence-corrected chi connectivity index (χ4v) is 3.98. The van der Waals surface area contributed by atoms with Gasteiger partial charge in [0.15, 0.2) is 17.1 Å². The van der Waals surface area contributed by atoms with Gasteiger partial charge in [-0.1, -0.05) is 12.1 Å². The number of rotatable bonds is 3. The maximum atomic E-state index is 12.3. The zero-order valence-corrected chi connectivity index (χ0v) is 19.4. The molecule has 3 aromatic heterocycles. The van der Waals surface area contributed by atoms with Crippen molar-refractivity contribution in [1.29, 1.82) is 0 Å². The quantitative estimate of drug-likeness (QED) is 0.479. The predicted molar refractivity (Wildman–Crippen MR) is 127 cm³/mol. The number of nitrogens with two attached hydrogens (primary N) is 1. The van der Waals surface area contributed by atoms with Crippen LogP contribution in [0.5, 0.6) is 0 Å². The van der Waals surface area contributed by atoms with Crippen LogP contribution in [0.2, 0.25) is 0 Å². The van der Waals surface area contributed by atoms with Gasteiger partial charge >= 0.3 is 6.09 Å². The van der Waals surface area contributed by atoms with E-state index in [1.54, 1.807) is 17.3 Å². The van der Waals surface area contributed by atoms with E-state index in [1.807, 2.05) is 55.9 Å². The van der Waals surface area contributed by atoms with Crippen LogP contribution >= 0.6 is 0 Å². The SMILES string of the molecule is CC(C)(C)OC(=O)N1CCC(n2cc(-c3cnc(N)c(-c4nc5ccccc5o4)n3)cn2)CC1. The molecule has 0 aliphatic carbocycles. The van der Waals surface area contributed by atoms with E-state index in [-0.39, 0.29) is 18.0 Å². The fourth-order valence-electron chi connectivity index (χ4n) is 3.98. The number of piperidine rings is 1. The second-order valence-electron chi connectivity index (χ2n) is 9.38. The molecule has 0 bridgehead atoms. The fraction of sp³-hybridized carbons (Fsp3) is 0.375. The van der Waals surface area contributed by atoms with Crippen LogP contribution in [0.4, 0.5) is 10.6 Å².